The Kier molecular flexibility index (Phi) is 6.81. The lowest BCUT2D eigenvalue weighted by molar-refractivity contribution is -0.141. The summed E-state index contributed by atoms with van der Waals surface area (Å²) in [6, 6.07) is 15.8. The molecule has 9 heteroatoms. The topological polar surface area (TPSA) is 97.0 Å². The smallest absolute Gasteiger partial charge is 0.338 e. The average molecular weight is 466 g/mol. The normalized spacial score (nSPS) is 17.5. The van der Waals surface area contributed by atoms with Gasteiger partial charge >= 0.3 is 5.97 Å². The van der Waals surface area contributed by atoms with Crippen molar-refractivity contribution in [3.8, 4) is 0 Å². The molecule has 33 heavy (non-hydrogen) atoms. The molecule has 0 spiro atoms. The number of thiocarbonyl (C=S) groups is 1. The number of amides is 2. The van der Waals surface area contributed by atoms with Crippen LogP contribution < -0.4 is 10.6 Å². The molecular weight excluding hydrogens is 442 g/mol. The number of nitrogens with one attached hydrogen (secondary N) is 2. The summed E-state index contributed by atoms with van der Waals surface area (Å²) < 4.78 is 10.9. The molecule has 1 atom stereocenters. The second kappa shape index (κ2) is 9.93. The van der Waals surface area contributed by atoms with E-state index in [4.69, 9.17) is 21.7 Å². The van der Waals surface area contributed by atoms with Crippen LogP contribution in [0.25, 0.3) is 0 Å². The van der Waals surface area contributed by atoms with Crippen LogP contribution >= 0.6 is 12.2 Å². The molecule has 4 rings (SSSR count). The molecule has 0 aliphatic carbocycles. The van der Waals surface area contributed by atoms with Gasteiger partial charge in [0.15, 0.2) is 5.11 Å². The third-order valence-electron chi connectivity index (χ3n) is 5.42. The van der Waals surface area contributed by atoms with Gasteiger partial charge in [0.1, 0.15) is 6.61 Å². The highest BCUT2D eigenvalue weighted by molar-refractivity contribution is 7.80. The van der Waals surface area contributed by atoms with E-state index >= 15 is 0 Å². The quantitative estimate of drug-likeness (QED) is 0.265. The van der Waals surface area contributed by atoms with Crippen LogP contribution in [0.3, 0.4) is 0 Å². The lowest BCUT2D eigenvalue weighted by Crippen LogP contribution is -2.45. The zero-order valence-corrected chi connectivity index (χ0v) is 18.8. The molecular formula is C24H23N3O5S. The molecule has 0 saturated heterocycles. The number of benzene rings is 2. The van der Waals surface area contributed by atoms with Gasteiger partial charge in [0.2, 0.25) is 0 Å². The molecule has 0 saturated carbocycles. The number of fused-ring (bicyclic) bond motifs is 1. The van der Waals surface area contributed by atoms with E-state index in [1.807, 2.05) is 30.3 Å². The molecule has 0 radical (unpaired) electrons. The Morgan fingerprint density at radius 3 is 2.27 bits per heavy atom. The van der Waals surface area contributed by atoms with Crippen LogP contribution in [0.5, 0.6) is 0 Å². The predicted molar refractivity (Wildman–Crippen MR) is 124 cm³/mol. The van der Waals surface area contributed by atoms with Crippen molar-refractivity contribution in [2.45, 2.75) is 13.0 Å². The predicted octanol–water partition coefficient (Wildman–Crippen LogP) is 2.34. The first-order chi connectivity index (χ1) is 16.0. The van der Waals surface area contributed by atoms with Gasteiger partial charge in [-0.2, -0.15) is 0 Å². The van der Waals surface area contributed by atoms with Gasteiger partial charge < -0.3 is 20.1 Å². The lowest BCUT2D eigenvalue weighted by Gasteiger charge is -2.29. The van der Waals surface area contributed by atoms with Crippen molar-refractivity contribution in [2.24, 2.45) is 0 Å². The SMILES string of the molecule is CC1=C(C(=O)OCCOCCN2C(=O)c3ccccc3C2=O)C(c2ccccc2)NC(=S)N1. The van der Waals surface area contributed by atoms with Crippen molar-refractivity contribution in [3.05, 3.63) is 82.6 Å². The highest BCUT2D eigenvalue weighted by atomic mass is 32.1. The van der Waals surface area contributed by atoms with E-state index in [2.05, 4.69) is 10.6 Å². The Bertz CT molecular complexity index is 1100. The number of esters is 1. The first-order valence-electron chi connectivity index (χ1n) is 10.5. The molecule has 2 N–H and O–H groups in total. The number of allylic oxidation sites excluding steroid dienone is 1. The average Bonchev–Trinajstić information content (AvgIpc) is 3.06. The highest BCUT2D eigenvalue weighted by Crippen LogP contribution is 2.27. The number of carbonyl (C=O) groups is 3. The second-order valence-electron chi connectivity index (χ2n) is 7.54. The van der Waals surface area contributed by atoms with Crippen molar-refractivity contribution < 1.29 is 23.9 Å². The van der Waals surface area contributed by atoms with Crippen LogP contribution in [0, 0.1) is 0 Å². The maximum Gasteiger partial charge on any atom is 0.338 e. The summed E-state index contributed by atoms with van der Waals surface area (Å²) in [5, 5.41) is 6.52. The fourth-order valence-corrected chi connectivity index (χ4v) is 4.10. The van der Waals surface area contributed by atoms with Gasteiger partial charge in [0.25, 0.3) is 11.8 Å². The Balaban J connectivity index is 1.26. The van der Waals surface area contributed by atoms with Crippen LogP contribution in [0.15, 0.2) is 65.9 Å². The van der Waals surface area contributed by atoms with Gasteiger partial charge in [0.05, 0.1) is 42.5 Å². The molecule has 2 heterocycles. The van der Waals surface area contributed by atoms with Crippen LogP contribution in [-0.4, -0.2) is 54.2 Å². The molecule has 1 unspecified atom stereocenters. The molecule has 2 aromatic rings. The minimum absolute atomic E-state index is 0.0314. The molecule has 2 aromatic carbocycles. The van der Waals surface area contributed by atoms with Crippen LogP contribution in [0.4, 0.5) is 0 Å². The van der Waals surface area contributed by atoms with Crippen LogP contribution in [0.2, 0.25) is 0 Å². The fourth-order valence-electron chi connectivity index (χ4n) is 3.83. The van der Waals surface area contributed by atoms with E-state index in [1.54, 1.807) is 31.2 Å². The first-order valence-corrected chi connectivity index (χ1v) is 10.9. The fraction of sp³-hybridized carbons (Fsp3) is 0.250. The Morgan fingerprint density at radius 1 is 0.970 bits per heavy atom. The monoisotopic (exact) mass is 465 g/mol. The number of nitrogens with zero attached hydrogens (tertiary/aromatic N) is 1. The van der Waals surface area contributed by atoms with Gasteiger partial charge in [-0.1, -0.05) is 42.5 Å². The zero-order valence-electron chi connectivity index (χ0n) is 18.0. The summed E-state index contributed by atoms with van der Waals surface area (Å²) in [5.74, 6) is -1.13. The van der Waals surface area contributed by atoms with E-state index in [-0.39, 0.29) is 38.2 Å². The van der Waals surface area contributed by atoms with Crippen LogP contribution in [-0.2, 0) is 14.3 Å². The summed E-state index contributed by atoms with van der Waals surface area (Å²) in [5.41, 5.74) is 2.78. The van der Waals surface area contributed by atoms with E-state index < -0.39 is 12.0 Å². The number of ether oxygens (including phenoxy) is 2. The summed E-state index contributed by atoms with van der Waals surface area (Å²) in [6.45, 7) is 2.22. The Hall–Kier alpha value is -3.56. The Morgan fingerprint density at radius 2 is 1.61 bits per heavy atom. The molecule has 0 aromatic heterocycles. The first kappa shape index (κ1) is 22.6. The maximum atomic E-state index is 12.8. The van der Waals surface area contributed by atoms with Crippen LogP contribution in [0.1, 0.15) is 39.2 Å². The van der Waals surface area contributed by atoms with Crippen molar-refractivity contribution >= 4 is 35.1 Å². The standard InChI is InChI=1S/C24H23N3O5S/c1-15-19(20(26-24(33)25-15)16-7-3-2-4-8-16)23(30)32-14-13-31-12-11-27-21(28)17-9-5-6-10-18(17)22(27)29/h2-10,20H,11-14H2,1H3,(H2,25,26,33). The molecule has 2 aliphatic rings. The number of hydrogen-bond donors (Lipinski definition) is 2. The van der Waals surface area contributed by atoms with Crippen molar-refractivity contribution in [3.63, 3.8) is 0 Å². The number of hydrogen-bond acceptors (Lipinski definition) is 6. The molecule has 0 fully saturated rings. The number of imide groups is 1. The molecule has 2 aliphatic heterocycles. The minimum atomic E-state index is -0.479. The van der Waals surface area contributed by atoms with E-state index in [9.17, 15) is 14.4 Å². The number of rotatable bonds is 8. The van der Waals surface area contributed by atoms with Gasteiger partial charge in [-0.05, 0) is 36.8 Å². The molecule has 170 valence electrons. The van der Waals surface area contributed by atoms with Gasteiger partial charge in [-0.3, -0.25) is 14.5 Å². The van der Waals surface area contributed by atoms with E-state index in [0.29, 0.717) is 27.5 Å². The zero-order chi connectivity index (χ0) is 23.4. The third kappa shape index (κ3) is 4.79. The largest absolute Gasteiger partial charge is 0.460 e. The molecule has 2 amide bonds. The second-order valence-corrected chi connectivity index (χ2v) is 7.94. The molecule has 8 nitrogen and oxygen atoms in total. The number of carbonyl (C=O) groups excluding carboxylic acids is 3. The third-order valence-corrected chi connectivity index (χ3v) is 5.64. The Labute approximate surface area is 196 Å². The highest BCUT2D eigenvalue weighted by Gasteiger charge is 2.34. The molecule has 0 bridgehead atoms. The maximum absolute atomic E-state index is 12.8. The minimum Gasteiger partial charge on any atom is -0.460 e. The van der Waals surface area contributed by atoms with Gasteiger partial charge in [0, 0.05) is 5.70 Å². The van der Waals surface area contributed by atoms with Crippen molar-refractivity contribution in [1.82, 2.24) is 15.5 Å². The van der Waals surface area contributed by atoms with E-state index in [1.165, 1.54) is 0 Å². The summed E-state index contributed by atoms with van der Waals surface area (Å²) in [6.07, 6.45) is 0. The van der Waals surface area contributed by atoms with Gasteiger partial charge in [-0.25, -0.2) is 4.79 Å². The lowest BCUT2D eigenvalue weighted by atomic mass is 9.96. The van der Waals surface area contributed by atoms with Crippen molar-refractivity contribution in [1.29, 1.82) is 0 Å². The summed E-state index contributed by atoms with van der Waals surface area (Å²) in [7, 11) is 0. The van der Waals surface area contributed by atoms with Gasteiger partial charge in [-0.15, -0.1) is 0 Å². The summed E-state index contributed by atoms with van der Waals surface area (Å²) >= 11 is 5.24. The van der Waals surface area contributed by atoms with Crippen molar-refractivity contribution in [2.75, 3.05) is 26.4 Å². The summed E-state index contributed by atoms with van der Waals surface area (Å²) in [4.78, 5) is 38.7. The van der Waals surface area contributed by atoms with E-state index in [0.717, 1.165) is 10.5 Å².